The molecular weight excluding hydrogens is 416 g/mol. The molecule has 0 spiro atoms. The number of nitrogens with zero attached hydrogens (tertiary/aromatic N) is 3. The molecule has 0 fully saturated rings. The first-order chi connectivity index (χ1) is 14.9. The van der Waals surface area contributed by atoms with Crippen molar-refractivity contribution in [3.05, 3.63) is 59.8 Å². The topological polar surface area (TPSA) is 163 Å². The van der Waals surface area contributed by atoms with E-state index in [-0.39, 0.29) is 10.9 Å². The van der Waals surface area contributed by atoms with Crippen molar-refractivity contribution >= 4 is 44.6 Å². The first kappa shape index (κ1) is 20.4. The van der Waals surface area contributed by atoms with Crippen LogP contribution in [0.2, 0.25) is 0 Å². The molecule has 1 aliphatic heterocycles. The van der Waals surface area contributed by atoms with Crippen LogP contribution in [-0.2, 0) is 16.4 Å². The molecule has 0 saturated heterocycles. The number of benzene rings is 2. The van der Waals surface area contributed by atoms with Crippen LogP contribution in [-0.4, -0.2) is 44.5 Å². The van der Waals surface area contributed by atoms with Crippen molar-refractivity contribution in [2.75, 3.05) is 17.8 Å². The number of nitrogens with one attached hydrogen (secondary N) is 3. The molecule has 0 atom stereocenters. The molecule has 0 aliphatic carbocycles. The third-order valence-corrected chi connectivity index (χ3v) is 6.07. The van der Waals surface area contributed by atoms with E-state index in [9.17, 15) is 8.42 Å². The summed E-state index contributed by atoms with van der Waals surface area (Å²) in [6, 6.07) is 13.4. The maximum absolute atomic E-state index is 12.7. The number of hydrogen-bond acceptors (Lipinski definition) is 6. The summed E-state index contributed by atoms with van der Waals surface area (Å²) in [7, 11) is -3.71. The summed E-state index contributed by atoms with van der Waals surface area (Å²) in [4.78, 5) is 7.97. The highest BCUT2D eigenvalue weighted by molar-refractivity contribution is 7.92. The van der Waals surface area contributed by atoms with E-state index < -0.39 is 10.0 Å². The number of aliphatic imine (C=N–C) groups is 1. The molecule has 11 heteroatoms. The van der Waals surface area contributed by atoms with Crippen LogP contribution in [0.1, 0.15) is 11.3 Å². The van der Waals surface area contributed by atoms with Crippen molar-refractivity contribution in [3.8, 4) is 0 Å². The van der Waals surface area contributed by atoms with Crippen molar-refractivity contribution < 1.29 is 8.42 Å². The van der Waals surface area contributed by atoms with Crippen LogP contribution in [0.25, 0.3) is 10.9 Å². The Morgan fingerprint density at radius 2 is 2.00 bits per heavy atom. The smallest absolute Gasteiger partial charge is 0.261 e. The average molecular weight is 439 g/mol. The van der Waals surface area contributed by atoms with E-state index in [0.717, 1.165) is 41.1 Å². The summed E-state index contributed by atoms with van der Waals surface area (Å²) >= 11 is 0. The van der Waals surface area contributed by atoms with Crippen molar-refractivity contribution in [1.29, 1.82) is 0 Å². The molecule has 10 nitrogen and oxygen atoms in total. The molecule has 0 saturated carbocycles. The molecule has 160 valence electrons. The molecular formula is C20H22N8O2S. The highest BCUT2D eigenvalue weighted by Gasteiger charge is 2.17. The number of aromatic nitrogens is 1. The minimum Gasteiger partial charge on any atom is -0.372 e. The quantitative estimate of drug-likeness (QED) is 0.212. The second kappa shape index (κ2) is 8.48. The number of guanidine groups is 1. The van der Waals surface area contributed by atoms with Gasteiger partial charge in [0.1, 0.15) is 5.84 Å². The van der Waals surface area contributed by atoms with Gasteiger partial charge in [-0.25, -0.2) is 8.42 Å². The lowest BCUT2D eigenvalue weighted by atomic mass is 10.1. The van der Waals surface area contributed by atoms with Gasteiger partial charge in [0.2, 0.25) is 5.96 Å². The molecule has 0 bridgehead atoms. The third kappa shape index (κ3) is 4.67. The van der Waals surface area contributed by atoms with Gasteiger partial charge in [-0.15, -0.1) is 5.10 Å². The molecule has 2 heterocycles. The molecule has 1 aromatic heterocycles. The Bertz CT molecular complexity index is 1290. The van der Waals surface area contributed by atoms with Gasteiger partial charge in [0.25, 0.3) is 10.0 Å². The summed E-state index contributed by atoms with van der Waals surface area (Å²) in [5.41, 5.74) is 13.6. The largest absolute Gasteiger partial charge is 0.372 e. The summed E-state index contributed by atoms with van der Waals surface area (Å²) in [6.07, 6.45) is 2.09. The third-order valence-electron chi connectivity index (χ3n) is 4.67. The van der Waals surface area contributed by atoms with Crippen molar-refractivity contribution in [3.63, 3.8) is 0 Å². The van der Waals surface area contributed by atoms with E-state index in [2.05, 4.69) is 30.2 Å². The number of H-pyrrole nitrogens is 1. The van der Waals surface area contributed by atoms with E-state index in [1.165, 1.54) is 12.1 Å². The molecule has 0 radical (unpaired) electrons. The molecule has 2 aromatic carbocycles. The molecule has 4 rings (SSSR count). The minimum absolute atomic E-state index is 0.157. The number of hydrogen-bond donors (Lipinski definition) is 5. The zero-order valence-electron chi connectivity index (χ0n) is 16.5. The Morgan fingerprint density at radius 1 is 1.19 bits per heavy atom. The van der Waals surface area contributed by atoms with Crippen LogP contribution in [0.5, 0.6) is 0 Å². The molecule has 7 N–H and O–H groups in total. The fourth-order valence-corrected chi connectivity index (χ4v) is 4.39. The summed E-state index contributed by atoms with van der Waals surface area (Å²) in [6.45, 7) is 1.54. The Kier molecular flexibility index (Phi) is 5.58. The van der Waals surface area contributed by atoms with Gasteiger partial charge in [0.05, 0.1) is 17.7 Å². The van der Waals surface area contributed by atoms with Gasteiger partial charge in [-0.05, 0) is 30.3 Å². The van der Waals surface area contributed by atoms with Gasteiger partial charge >= 0.3 is 0 Å². The second-order valence-electron chi connectivity index (χ2n) is 6.90. The van der Waals surface area contributed by atoms with Gasteiger partial charge in [-0.3, -0.25) is 9.71 Å². The predicted molar refractivity (Wildman–Crippen MR) is 123 cm³/mol. The Labute approximate surface area is 179 Å². The van der Waals surface area contributed by atoms with Crippen molar-refractivity contribution in [2.45, 2.75) is 11.3 Å². The number of anilines is 1. The first-order valence-corrected chi connectivity index (χ1v) is 11.0. The average Bonchev–Trinajstić information content (AvgIpc) is 3.37. The number of aromatic amines is 1. The maximum Gasteiger partial charge on any atom is 0.261 e. The zero-order chi connectivity index (χ0) is 21.8. The monoisotopic (exact) mass is 438 g/mol. The van der Waals surface area contributed by atoms with Gasteiger partial charge in [-0.2, -0.15) is 5.10 Å². The lowest BCUT2D eigenvalue weighted by Gasteiger charge is -2.08. The standard InChI is InChI=1S/C20H22N8O2S/c21-20(22)27-25-12-16-15-10-13(28-31(29,30)14-4-2-1-3-5-14)6-7-17(15)26-18(16)11-19-23-8-9-24-19/h1-7,10,12,26,28H,8-9,11H2,(H,23,24)(H4,21,22,27)/b25-12-. The number of sulfonamides is 1. The molecule has 3 aromatic rings. The zero-order valence-corrected chi connectivity index (χ0v) is 17.4. The number of rotatable bonds is 7. The van der Waals surface area contributed by atoms with Gasteiger partial charge in [0.15, 0.2) is 0 Å². The summed E-state index contributed by atoms with van der Waals surface area (Å²) in [5, 5.41) is 11.6. The van der Waals surface area contributed by atoms with Crippen molar-refractivity contribution in [2.24, 2.45) is 26.7 Å². The van der Waals surface area contributed by atoms with Gasteiger partial charge in [0, 0.05) is 40.8 Å². The maximum atomic E-state index is 12.7. The van der Waals surface area contributed by atoms with Crippen LogP contribution >= 0.6 is 0 Å². The summed E-state index contributed by atoms with van der Waals surface area (Å²) in [5.74, 6) is 0.712. The van der Waals surface area contributed by atoms with E-state index in [1.807, 2.05) is 6.07 Å². The fourth-order valence-electron chi connectivity index (χ4n) is 3.32. The lowest BCUT2D eigenvalue weighted by molar-refractivity contribution is 0.601. The highest BCUT2D eigenvalue weighted by atomic mass is 32.2. The number of amidine groups is 1. The fraction of sp³-hybridized carbons (Fsp3) is 0.150. The van der Waals surface area contributed by atoms with Crippen molar-refractivity contribution in [1.82, 2.24) is 10.3 Å². The van der Waals surface area contributed by atoms with Crippen LogP contribution in [0.3, 0.4) is 0 Å². The first-order valence-electron chi connectivity index (χ1n) is 9.54. The Hall–Kier alpha value is -3.86. The van der Waals surface area contributed by atoms with Crippen LogP contribution in [0.15, 0.2) is 68.6 Å². The van der Waals surface area contributed by atoms with Gasteiger partial charge < -0.3 is 21.8 Å². The Morgan fingerprint density at radius 3 is 2.71 bits per heavy atom. The van der Waals surface area contributed by atoms with E-state index in [0.29, 0.717) is 12.1 Å². The minimum atomic E-state index is -3.71. The number of nitrogens with two attached hydrogens (primary N) is 2. The highest BCUT2D eigenvalue weighted by Crippen LogP contribution is 2.27. The molecule has 1 aliphatic rings. The van der Waals surface area contributed by atoms with E-state index in [4.69, 9.17) is 11.5 Å². The second-order valence-corrected chi connectivity index (χ2v) is 8.58. The molecule has 0 unspecified atom stereocenters. The number of fused-ring (bicyclic) bond motifs is 1. The van der Waals surface area contributed by atoms with Gasteiger partial charge in [-0.1, -0.05) is 18.2 Å². The lowest BCUT2D eigenvalue weighted by Crippen LogP contribution is -2.22. The molecule has 31 heavy (non-hydrogen) atoms. The normalized spacial score (nSPS) is 13.9. The molecule has 0 amide bonds. The SMILES string of the molecule is NC(N)=N/N=C\c1c(CC2=NCCN2)[nH]c2ccc(NS(=O)(=O)c3ccccc3)cc12. The van der Waals surface area contributed by atoms with Crippen LogP contribution < -0.4 is 21.5 Å². The Balaban J connectivity index is 1.73. The van der Waals surface area contributed by atoms with Crippen LogP contribution in [0.4, 0.5) is 5.69 Å². The summed E-state index contributed by atoms with van der Waals surface area (Å²) < 4.78 is 28.0. The van der Waals surface area contributed by atoms with Crippen LogP contribution in [0, 0.1) is 0 Å². The van der Waals surface area contributed by atoms with E-state index in [1.54, 1.807) is 36.5 Å². The predicted octanol–water partition coefficient (Wildman–Crippen LogP) is 1.12. The van der Waals surface area contributed by atoms with E-state index >= 15 is 0 Å².